The van der Waals surface area contributed by atoms with Crippen molar-refractivity contribution in [3.63, 3.8) is 0 Å². The third-order valence-electron chi connectivity index (χ3n) is 4.93. The number of hydrogen-bond donors (Lipinski definition) is 2. The van der Waals surface area contributed by atoms with Crippen LogP contribution in [-0.4, -0.2) is 33.8 Å². The van der Waals surface area contributed by atoms with Crippen LogP contribution in [0.15, 0.2) is 47.5 Å². The summed E-state index contributed by atoms with van der Waals surface area (Å²) in [6, 6.07) is 12.0. The maximum atomic E-state index is 13.8. The number of nitrogens with one attached hydrogen (secondary N) is 2. The van der Waals surface area contributed by atoms with E-state index in [-0.39, 0.29) is 36.3 Å². The number of aliphatic imine (C=N–C) groups is 1. The molecule has 0 spiro atoms. The van der Waals surface area contributed by atoms with Gasteiger partial charge < -0.3 is 15.4 Å². The fraction of sp³-hybridized carbons (Fsp3) is 0.435. The SMILES string of the molecule is CCNC(=NCc1cc(F)ccc1CS(C)(=O)=O)NCc1ccccc1OCC1CC1.I. The molecule has 1 fully saturated rings. The van der Waals surface area contributed by atoms with Gasteiger partial charge in [-0.05, 0) is 55.0 Å². The van der Waals surface area contributed by atoms with Crippen molar-refractivity contribution in [1.29, 1.82) is 0 Å². The predicted octanol–water partition coefficient (Wildman–Crippen LogP) is 4.03. The van der Waals surface area contributed by atoms with Gasteiger partial charge in [-0.2, -0.15) is 0 Å². The van der Waals surface area contributed by atoms with E-state index in [0.717, 1.165) is 24.2 Å². The number of nitrogens with zero attached hydrogens (tertiary/aromatic N) is 1. The number of sulfone groups is 1. The van der Waals surface area contributed by atoms with Crippen LogP contribution in [0.5, 0.6) is 5.75 Å². The minimum absolute atomic E-state index is 0. The normalized spacial score (nSPS) is 13.9. The Balaban J connectivity index is 0.00000363. The van der Waals surface area contributed by atoms with Crippen molar-refractivity contribution in [2.45, 2.75) is 38.6 Å². The van der Waals surface area contributed by atoms with Crippen LogP contribution in [0.1, 0.15) is 36.5 Å². The highest BCUT2D eigenvalue weighted by atomic mass is 127. The fourth-order valence-corrected chi connectivity index (χ4v) is 3.98. The Kier molecular flexibility index (Phi) is 10.2. The topological polar surface area (TPSA) is 79.8 Å². The Labute approximate surface area is 207 Å². The van der Waals surface area contributed by atoms with Gasteiger partial charge in [-0.15, -0.1) is 24.0 Å². The molecule has 0 unspecified atom stereocenters. The van der Waals surface area contributed by atoms with Crippen molar-refractivity contribution in [2.24, 2.45) is 10.9 Å². The van der Waals surface area contributed by atoms with Crippen molar-refractivity contribution in [3.05, 3.63) is 65.0 Å². The molecule has 9 heteroatoms. The molecule has 0 atom stereocenters. The van der Waals surface area contributed by atoms with E-state index < -0.39 is 15.7 Å². The molecule has 176 valence electrons. The molecule has 32 heavy (non-hydrogen) atoms. The van der Waals surface area contributed by atoms with Gasteiger partial charge in [-0.25, -0.2) is 17.8 Å². The number of halogens is 2. The summed E-state index contributed by atoms with van der Waals surface area (Å²) < 4.78 is 43.1. The molecule has 1 aliphatic carbocycles. The highest BCUT2D eigenvalue weighted by molar-refractivity contribution is 14.0. The van der Waals surface area contributed by atoms with Gasteiger partial charge in [0.25, 0.3) is 0 Å². The molecule has 0 aliphatic heterocycles. The van der Waals surface area contributed by atoms with E-state index >= 15 is 0 Å². The average Bonchev–Trinajstić information content (AvgIpc) is 3.54. The molecule has 0 bridgehead atoms. The van der Waals surface area contributed by atoms with Gasteiger partial charge in [0.1, 0.15) is 11.6 Å². The lowest BCUT2D eigenvalue weighted by atomic mass is 10.1. The summed E-state index contributed by atoms with van der Waals surface area (Å²) in [5.41, 5.74) is 2.13. The third-order valence-corrected chi connectivity index (χ3v) is 5.76. The Morgan fingerprint density at radius 3 is 2.56 bits per heavy atom. The number of benzene rings is 2. The number of hydrogen-bond acceptors (Lipinski definition) is 4. The first kappa shape index (κ1) is 26.4. The lowest BCUT2D eigenvalue weighted by molar-refractivity contribution is 0.296. The van der Waals surface area contributed by atoms with E-state index in [1.54, 1.807) is 0 Å². The van der Waals surface area contributed by atoms with E-state index in [4.69, 9.17) is 4.74 Å². The summed E-state index contributed by atoms with van der Waals surface area (Å²) >= 11 is 0. The first-order valence-electron chi connectivity index (χ1n) is 10.5. The molecule has 0 heterocycles. The van der Waals surface area contributed by atoms with Crippen LogP contribution in [0.2, 0.25) is 0 Å². The molecular formula is C23H31FIN3O3S. The second kappa shape index (κ2) is 12.4. The van der Waals surface area contributed by atoms with Crippen LogP contribution in [0.25, 0.3) is 0 Å². The van der Waals surface area contributed by atoms with Gasteiger partial charge in [-0.1, -0.05) is 24.3 Å². The molecule has 6 nitrogen and oxygen atoms in total. The third kappa shape index (κ3) is 8.93. The van der Waals surface area contributed by atoms with Gasteiger partial charge in [0.05, 0.1) is 18.9 Å². The van der Waals surface area contributed by atoms with Crippen molar-refractivity contribution in [2.75, 3.05) is 19.4 Å². The first-order valence-corrected chi connectivity index (χ1v) is 12.6. The lowest BCUT2D eigenvalue weighted by Crippen LogP contribution is -2.36. The Bertz CT molecular complexity index is 1030. The Morgan fingerprint density at radius 2 is 1.88 bits per heavy atom. The van der Waals surface area contributed by atoms with Crippen molar-refractivity contribution < 1.29 is 17.5 Å². The van der Waals surface area contributed by atoms with Crippen LogP contribution in [0, 0.1) is 11.7 Å². The summed E-state index contributed by atoms with van der Waals surface area (Å²) in [4.78, 5) is 4.54. The molecule has 0 amide bonds. The second-order valence-electron chi connectivity index (χ2n) is 7.89. The predicted molar refractivity (Wildman–Crippen MR) is 137 cm³/mol. The van der Waals surface area contributed by atoms with E-state index in [1.165, 1.54) is 31.0 Å². The molecule has 1 saturated carbocycles. The zero-order chi connectivity index (χ0) is 22.3. The quantitative estimate of drug-likeness (QED) is 0.254. The lowest BCUT2D eigenvalue weighted by Gasteiger charge is -2.15. The van der Waals surface area contributed by atoms with E-state index in [2.05, 4.69) is 15.6 Å². The summed E-state index contributed by atoms with van der Waals surface area (Å²) in [6.07, 6.45) is 3.63. The second-order valence-corrected chi connectivity index (χ2v) is 10.0. The van der Waals surface area contributed by atoms with Gasteiger partial charge in [0.2, 0.25) is 0 Å². The Morgan fingerprint density at radius 1 is 1.12 bits per heavy atom. The zero-order valence-corrected chi connectivity index (χ0v) is 21.6. The minimum Gasteiger partial charge on any atom is -0.493 e. The number of para-hydroxylation sites is 1. The van der Waals surface area contributed by atoms with Crippen LogP contribution in [-0.2, 0) is 28.7 Å². The van der Waals surface area contributed by atoms with Crippen molar-refractivity contribution in [3.8, 4) is 5.75 Å². The van der Waals surface area contributed by atoms with Gasteiger partial charge in [0.15, 0.2) is 15.8 Å². The fourth-order valence-electron chi connectivity index (χ4n) is 3.13. The number of rotatable bonds is 10. The minimum atomic E-state index is -3.24. The van der Waals surface area contributed by atoms with Crippen LogP contribution >= 0.6 is 24.0 Å². The largest absolute Gasteiger partial charge is 0.493 e. The van der Waals surface area contributed by atoms with E-state index in [1.807, 2.05) is 31.2 Å². The van der Waals surface area contributed by atoms with Crippen LogP contribution in [0.3, 0.4) is 0 Å². The molecular weight excluding hydrogens is 544 g/mol. The zero-order valence-electron chi connectivity index (χ0n) is 18.4. The smallest absolute Gasteiger partial charge is 0.191 e. The van der Waals surface area contributed by atoms with Crippen molar-refractivity contribution >= 4 is 39.8 Å². The Hall–Kier alpha value is -1.88. The monoisotopic (exact) mass is 575 g/mol. The first-order chi connectivity index (χ1) is 14.8. The molecule has 2 N–H and O–H groups in total. The maximum Gasteiger partial charge on any atom is 0.191 e. The maximum absolute atomic E-state index is 13.8. The average molecular weight is 575 g/mol. The van der Waals surface area contributed by atoms with Gasteiger partial charge in [-0.3, -0.25) is 0 Å². The highest BCUT2D eigenvalue weighted by Crippen LogP contribution is 2.30. The number of guanidine groups is 1. The summed E-state index contributed by atoms with van der Waals surface area (Å²) in [5.74, 6) is 1.54. The highest BCUT2D eigenvalue weighted by Gasteiger charge is 2.22. The summed E-state index contributed by atoms with van der Waals surface area (Å²) in [5, 5.41) is 6.45. The van der Waals surface area contributed by atoms with Gasteiger partial charge >= 0.3 is 0 Å². The van der Waals surface area contributed by atoms with Gasteiger partial charge in [0, 0.05) is 24.9 Å². The molecule has 3 rings (SSSR count). The number of ether oxygens (including phenoxy) is 1. The summed E-state index contributed by atoms with van der Waals surface area (Å²) in [7, 11) is -3.24. The molecule has 2 aromatic rings. The van der Waals surface area contributed by atoms with E-state index in [9.17, 15) is 12.8 Å². The van der Waals surface area contributed by atoms with Crippen LogP contribution < -0.4 is 15.4 Å². The molecule has 0 saturated heterocycles. The molecule has 1 aliphatic rings. The van der Waals surface area contributed by atoms with Crippen molar-refractivity contribution in [1.82, 2.24) is 10.6 Å². The molecule has 0 aromatic heterocycles. The molecule has 0 radical (unpaired) electrons. The van der Waals surface area contributed by atoms with Crippen LogP contribution in [0.4, 0.5) is 4.39 Å². The molecule has 2 aromatic carbocycles. The standard InChI is InChI=1S/C23H30FN3O3S.HI/c1-3-25-23(26-13-18-6-4-5-7-22(18)30-15-17-8-9-17)27-14-20-12-21(24)11-10-19(20)16-31(2,28)29;/h4-7,10-12,17H,3,8-9,13-16H2,1-2H3,(H2,25,26,27);1H. The summed E-state index contributed by atoms with van der Waals surface area (Å²) in [6.45, 7) is 4.05. The van der Waals surface area contributed by atoms with E-state index in [0.29, 0.717) is 36.1 Å².